The first-order chi connectivity index (χ1) is 17.9. The fraction of sp³-hybridized carbons (Fsp3) is 0.333. The lowest BCUT2D eigenvalue weighted by Gasteiger charge is -2.24. The smallest absolute Gasteiger partial charge is 0.322 e. The van der Waals surface area contributed by atoms with Crippen LogP contribution in [0.25, 0.3) is 10.9 Å². The lowest BCUT2D eigenvalue weighted by atomic mass is 10.0. The Morgan fingerprint density at radius 1 is 0.919 bits per heavy atom. The molecule has 0 spiro atoms. The fourth-order valence-electron chi connectivity index (χ4n) is 4.53. The molecule has 2 heterocycles. The van der Waals surface area contributed by atoms with Crippen molar-refractivity contribution in [2.24, 2.45) is 0 Å². The Labute approximate surface area is 214 Å². The third-order valence-electron chi connectivity index (χ3n) is 6.44. The maximum atomic E-state index is 13.5. The third-order valence-corrected chi connectivity index (χ3v) is 6.44. The largest absolute Gasteiger partial charge is 0.480 e. The number of carbonyl (C=O) groups is 4. The number of aliphatic carboxylic acids is 1. The minimum atomic E-state index is -1.19. The number of hydrogen-bond acceptors (Lipinski definition) is 5. The average Bonchev–Trinajstić information content (AvgIpc) is 3.58. The first kappa shape index (κ1) is 25.9. The molecule has 194 valence electrons. The molecule has 3 atom stereocenters. The van der Waals surface area contributed by atoms with E-state index in [1.54, 1.807) is 0 Å². The molecule has 10 heteroatoms. The maximum Gasteiger partial charge on any atom is 0.322 e. The molecule has 1 aliphatic heterocycles. The summed E-state index contributed by atoms with van der Waals surface area (Å²) in [5, 5.41) is 21.0. The number of para-hydroxylation sites is 1. The van der Waals surface area contributed by atoms with E-state index in [4.69, 9.17) is 5.11 Å². The fourth-order valence-corrected chi connectivity index (χ4v) is 4.53. The number of fused-ring (bicyclic) bond motifs is 1. The number of aromatic amines is 1. The predicted octanol–water partition coefficient (Wildman–Crippen LogP) is 0.876. The van der Waals surface area contributed by atoms with Crippen LogP contribution < -0.4 is 21.3 Å². The van der Waals surface area contributed by atoms with E-state index in [9.17, 15) is 19.2 Å². The summed E-state index contributed by atoms with van der Waals surface area (Å²) in [7, 11) is 0. The van der Waals surface area contributed by atoms with E-state index in [-0.39, 0.29) is 24.8 Å². The summed E-state index contributed by atoms with van der Waals surface area (Å²) < 4.78 is 0. The van der Waals surface area contributed by atoms with Gasteiger partial charge in [0.25, 0.3) is 0 Å². The highest BCUT2D eigenvalue weighted by molar-refractivity contribution is 5.94. The minimum absolute atomic E-state index is 0.163. The summed E-state index contributed by atoms with van der Waals surface area (Å²) >= 11 is 0. The van der Waals surface area contributed by atoms with E-state index in [0.717, 1.165) is 35.0 Å². The molecule has 2 aromatic carbocycles. The number of carboxylic acid groups (broad SMARTS) is 1. The van der Waals surface area contributed by atoms with E-state index in [1.807, 2.05) is 60.8 Å². The zero-order chi connectivity index (χ0) is 26.2. The number of carboxylic acids is 1. The van der Waals surface area contributed by atoms with Gasteiger partial charge in [0, 0.05) is 29.9 Å². The van der Waals surface area contributed by atoms with Crippen LogP contribution in [0.15, 0.2) is 60.8 Å². The Balaban J connectivity index is 1.55. The van der Waals surface area contributed by atoms with Gasteiger partial charge in [-0.3, -0.25) is 19.2 Å². The molecule has 3 amide bonds. The van der Waals surface area contributed by atoms with Crippen LogP contribution in [0.1, 0.15) is 24.0 Å². The molecule has 1 saturated heterocycles. The van der Waals surface area contributed by atoms with E-state index >= 15 is 0 Å². The first-order valence-electron chi connectivity index (χ1n) is 12.3. The molecule has 10 nitrogen and oxygen atoms in total. The van der Waals surface area contributed by atoms with Crippen LogP contribution in [0.2, 0.25) is 0 Å². The van der Waals surface area contributed by atoms with Crippen LogP contribution in [0.3, 0.4) is 0 Å². The summed E-state index contributed by atoms with van der Waals surface area (Å²) in [5.74, 6) is -2.60. The van der Waals surface area contributed by atoms with Crippen molar-refractivity contribution in [3.63, 3.8) is 0 Å². The number of amides is 3. The highest BCUT2D eigenvalue weighted by Crippen LogP contribution is 2.19. The van der Waals surface area contributed by atoms with Crippen LogP contribution in [-0.4, -0.2) is 65.0 Å². The van der Waals surface area contributed by atoms with Gasteiger partial charge in [-0.1, -0.05) is 48.5 Å². The van der Waals surface area contributed by atoms with Crippen molar-refractivity contribution in [3.8, 4) is 0 Å². The second-order valence-electron chi connectivity index (χ2n) is 9.14. The number of nitrogens with one attached hydrogen (secondary N) is 5. The molecule has 1 fully saturated rings. The number of H-pyrrole nitrogens is 1. The van der Waals surface area contributed by atoms with Crippen LogP contribution in [0.4, 0.5) is 0 Å². The molecular formula is C27H31N5O5. The van der Waals surface area contributed by atoms with E-state index in [1.165, 1.54) is 0 Å². The molecule has 3 aromatic rings. The van der Waals surface area contributed by atoms with Gasteiger partial charge in [-0.25, -0.2) is 0 Å². The summed E-state index contributed by atoms with van der Waals surface area (Å²) in [6.45, 7) is 0.170. The zero-order valence-electron chi connectivity index (χ0n) is 20.3. The van der Waals surface area contributed by atoms with Gasteiger partial charge in [0.05, 0.1) is 6.04 Å². The van der Waals surface area contributed by atoms with Crippen molar-refractivity contribution in [2.45, 2.75) is 43.8 Å². The number of benzene rings is 2. The quantitative estimate of drug-likeness (QED) is 0.228. The minimum Gasteiger partial charge on any atom is -0.480 e. The van der Waals surface area contributed by atoms with Crippen molar-refractivity contribution < 1.29 is 24.3 Å². The Morgan fingerprint density at radius 3 is 2.38 bits per heavy atom. The Bertz CT molecular complexity index is 1250. The monoisotopic (exact) mass is 505 g/mol. The van der Waals surface area contributed by atoms with Gasteiger partial charge in [-0.05, 0) is 36.6 Å². The molecular weight excluding hydrogens is 474 g/mol. The molecule has 0 bridgehead atoms. The molecule has 0 saturated carbocycles. The highest BCUT2D eigenvalue weighted by atomic mass is 16.4. The maximum absolute atomic E-state index is 13.5. The van der Waals surface area contributed by atoms with Gasteiger partial charge >= 0.3 is 5.97 Å². The van der Waals surface area contributed by atoms with Gasteiger partial charge in [0.2, 0.25) is 17.7 Å². The highest BCUT2D eigenvalue weighted by Gasteiger charge is 2.31. The molecule has 3 unspecified atom stereocenters. The molecule has 1 aromatic heterocycles. The molecule has 0 radical (unpaired) electrons. The number of rotatable bonds is 11. The number of carbonyl (C=O) groups excluding carboxylic acids is 3. The summed E-state index contributed by atoms with van der Waals surface area (Å²) in [6.07, 6.45) is 3.74. The van der Waals surface area contributed by atoms with Gasteiger partial charge in [-0.15, -0.1) is 0 Å². The second-order valence-corrected chi connectivity index (χ2v) is 9.14. The van der Waals surface area contributed by atoms with Gasteiger partial charge in [0.15, 0.2) is 0 Å². The lowest BCUT2D eigenvalue weighted by Crippen LogP contribution is -2.57. The zero-order valence-corrected chi connectivity index (χ0v) is 20.3. The summed E-state index contributed by atoms with van der Waals surface area (Å²) in [5.41, 5.74) is 2.56. The Kier molecular flexibility index (Phi) is 8.52. The second kappa shape index (κ2) is 12.2. The van der Waals surface area contributed by atoms with Gasteiger partial charge < -0.3 is 31.4 Å². The van der Waals surface area contributed by atoms with E-state index in [0.29, 0.717) is 6.42 Å². The van der Waals surface area contributed by atoms with Crippen LogP contribution >= 0.6 is 0 Å². The van der Waals surface area contributed by atoms with Gasteiger partial charge in [-0.2, -0.15) is 0 Å². The lowest BCUT2D eigenvalue weighted by molar-refractivity contribution is -0.138. The third kappa shape index (κ3) is 6.95. The molecule has 1 aliphatic rings. The standard InChI is InChI=1S/C27H31N5O5/c33-24(34)16-30-25(35)22(13-17-7-2-1-3-8-17)31-27(37)23(32-26(36)21-11-6-12-28-21)14-18-15-29-20-10-5-4-9-19(18)20/h1-5,7-10,15,21-23,28-29H,6,11-14,16H2,(H,30,35)(H,31,37)(H,32,36)(H,33,34). The SMILES string of the molecule is O=C(O)CNC(=O)C(Cc1ccccc1)NC(=O)C(Cc1c[nH]c2ccccc12)NC(=O)C1CCCN1. The molecule has 6 N–H and O–H groups in total. The topological polar surface area (TPSA) is 152 Å². The van der Waals surface area contributed by atoms with Crippen LogP contribution in [0.5, 0.6) is 0 Å². The van der Waals surface area contributed by atoms with Crippen LogP contribution in [-0.2, 0) is 32.0 Å². The first-order valence-corrected chi connectivity index (χ1v) is 12.3. The van der Waals surface area contributed by atoms with E-state index < -0.39 is 36.4 Å². The van der Waals surface area contributed by atoms with Crippen molar-refractivity contribution in [1.82, 2.24) is 26.3 Å². The predicted molar refractivity (Wildman–Crippen MR) is 138 cm³/mol. The van der Waals surface area contributed by atoms with Gasteiger partial charge in [0.1, 0.15) is 18.6 Å². The van der Waals surface area contributed by atoms with E-state index in [2.05, 4.69) is 26.3 Å². The molecule has 37 heavy (non-hydrogen) atoms. The molecule has 0 aliphatic carbocycles. The summed E-state index contributed by atoms with van der Waals surface area (Å²) in [6, 6.07) is 14.4. The summed E-state index contributed by atoms with van der Waals surface area (Å²) in [4.78, 5) is 53.5. The average molecular weight is 506 g/mol. The van der Waals surface area contributed by atoms with Crippen molar-refractivity contribution in [3.05, 3.63) is 71.9 Å². The Hall–Kier alpha value is -4.18. The molecule has 4 rings (SSSR count). The number of hydrogen-bond donors (Lipinski definition) is 6. The normalized spacial score (nSPS) is 16.6. The number of aromatic nitrogens is 1. The van der Waals surface area contributed by atoms with Crippen molar-refractivity contribution in [1.29, 1.82) is 0 Å². The van der Waals surface area contributed by atoms with Crippen LogP contribution in [0, 0.1) is 0 Å². The van der Waals surface area contributed by atoms with Crippen molar-refractivity contribution in [2.75, 3.05) is 13.1 Å². The van der Waals surface area contributed by atoms with Crippen molar-refractivity contribution >= 4 is 34.6 Å². The Morgan fingerprint density at radius 2 is 1.65 bits per heavy atom.